The van der Waals surface area contributed by atoms with E-state index in [9.17, 15) is 0 Å². The van der Waals surface area contributed by atoms with E-state index < -0.39 is 0 Å². The van der Waals surface area contributed by atoms with Gasteiger partial charge in [-0.25, -0.2) is 4.98 Å². The molecule has 144 valence electrons. The van der Waals surface area contributed by atoms with Crippen LogP contribution in [-0.2, 0) is 4.74 Å². The number of methoxy groups -OCH3 is 1. The zero-order valence-corrected chi connectivity index (χ0v) is 15.9. The van der Waals surface area contributed by atoms with Crippen molar-refractivity contribution < 1.29 is 9.47 Å². The molecule has 0 bridgehead atoms. The molecule has 28 heavy (non-hydrogen) atoms. The minimum absolute atomic E-state index is 0.0207. The van der Waals surface area contributed by atoms with Crippen molar-refractivity contribution in [1.29, 1.82) is 0 Å². The lowest BCUT2D eigenvalue weighted by atomic mass is 9.83. The Morgan fingerprint density at radius 3 is 2.18 bits per heavy atom. The lowest BCUT2D eigenvalue weighted by molar-refractivity contribution is 0.0114. The van der Waals surface area contributed by atoms with E-state index in [1.165, 1.54) is 0 Å². The minimum atomic E-state index is 0.0207. The zero-order valence-electron chi connectivity index (χ0n) is 15.9. The third-order valence-corrected chi connectivity index (χ3v) is 5.10. The quantitative estimate of drug-likeness (QED) is 0.659. The highest BCUT2D eigenvalue weighted by molar-refractivity contribution is 5.35. The van der Waals surface area contributed by atoms with Gasteiger partial charge >= 0.3 is 0 Å². The number of aromatic nitrogens is 3. The Morgan fingerprint density at radius 1 is 0.929 bits per heavy atom. The van der Waals surface area contributed by atoms with E-state index in [0.717, 1.165) is 29.9 Å². The second kappa shape index (κ2) is 8.91. The minimum Gasteiger partial charge on any atom is -0.481 e. The van der Waals surface area contributed by atoms with Gasteiger partial charge in [0.25, 0.3) is 0 Å². The average Bonchev–Trinajstić information content (AvgIpc) is 2.79. The van der Waals surface area contributed by atoms with Crippen molar-refractivity contribution in [2.45, 2.75) is 12.0 Å². The van der Waals surface area contributed by atoms with Gasteiger partial charge in [0.15, 0.2) is 0 Å². The van der Waals surface area contributed by atoms with E-state index in [1.54, 1.807) is 19.5 Å². The summed E-state index contributed by atoms with van der Waals surface area (Å²) < 4.78 is 11.0. The van der Waals surface area contributed by atoms with Gasteiger partial charge in [-0.2, -0.15) is 0 Å². The average molecular weight is 376 g/mol. The number of nitrogens with zero attached hydrogens (tertiary/aromatic N) is 4. The molecule has 4 heterocycles. The molecule has 0 N–H and O–H groups in total. The van der Waals surface area contributed by atoms with Crippen LogP contribution in [0.4, 0.5) is 0 Å². The molecule has 3 aromatic rings. The van der Waals surface area contributed by atoms with E-state index in [4.69, 9.17) is 14.5 Å². The molecule has 0 aliphatic carbocycles. The van der Waals surface area contributed by atoms with Crippen LogP contribution in [0.25, 0.3) is 0 Å². The smallest absolute Gasteiger partial charge is 0.213 e. The van der Waals surface area contributed by atoms with Crippen LogP contribution in [0.5, 0.6) is 5.88 Å². The Labute approximate surface area is 165 Å². The van der Waals surface area contributed by atoms with Gasteiger partial charge in [0, 0.05) is 49.9 Å². The first-order valence-electron chi connectivity index (χ1n) is 9.49. The van der Waals surface area contributed by atoms with Crippen LogP contribution in [0.1, 0.15) is 28.8 Å². The maximum Gasteiger partial charge on any atom is 0.213 e. The highest BCUT2D eigenvalue weighted by Crippen LogP contribution is 2.40. The van der Waals surface area contributed by atoms with Crippen molar-refractivity contribution in [2.24, 2.45) is 0 Å². The largest absolute Gasteiger partial charge is 0.481 e. The maximum absolute atomic E-state index is 5.61. The number of ether oxygens (including phenoxy) is 2. The van der Waals surface area contributed by atoms with Crippen LogP contribution in [0.3, 0.4) is 0 Å². The summed E-state index contributed by atoms with van der Waals surface area (Å²) in [4.78, 5) is 16.0. The van der Waals surface area contributed by atoms with Crippen molar-refractivity contribution in [2.75, 3.05) is 33.4 Å². The number of hydrogen-bond donors (Lipinski definition) is 0. The monoisotopic (exact) mass is 376 g/mol. The third-order valence-electron chi connectivity index (χ3n) is 5.10. The summed E-state index contributed by atoms with van der Waals surface area (Å²) in [6.07, 6.45) is 7.48. The van der Waals surface area contributed by atoms with Gasteiger partial charge in [-0.05, 0) is 29.3 Å². The summed E-state index contributed by atoms with van der Waals surface area (Å²) in [6.45, 7) is 3.13. The summed E-state index contributed by atoms with van der Waals surface area (Å²) in [5, 5.41) is 0. The molecule has 1 aliphatic rings. The lowest BCUT2D eigenvalue weighted by Crippen LogP contribution is -2.42. The molecular weight excluding hydrogens is 352 g/mol. The number of rotatable bonds is 6. The van der Waals surface area contributed by atoms with Crippen LogP contribution in [-0.4, -0.2) is 53.3 Å². The number of pyridine rings is 3. The van der Waals surface area contributed by atoms with Gasteiger partial charge < -0.3 is 9.47 Å². The van der Waals surface area contributed by atoms with Crippen LogP contribution in [0.2, 0.25) is 0 Å². The lowest BCUT2D eigenvalue weighted by Gasteiger charge is -2.39. The van der Waals surface area contributed by atoms with Crippen molar-refractivity contribution in [3.8, 4) is 5.88 Å². The van der Waals surface area contributed by atoms with Crippen molar-refractivity contribution in [1.82, 2.24) is 19.9 Å². The van der Waals surface area contributed by atoms with Crippen LogP contribution in [0, 0.1) is 0 Å². The molecular formula is C22H24N4O2. The SMILES string of the molecule is COc1cccc(C(C(c2cccnc2)c2cccnc2)N2CCOCC2)n1. The summed E-state index contributed by atoms with van der Waals surface area (Å²) >= 11 is 0. The van der Waals surface area contributed by atoms with Crippen LogP contribution >= 0.6 is 0 Å². The van der Waals surface area contributed by atoms with Gasteiger partial charge in [0.05, 0.1) is 32.1 Å². The summed E-state index contributed by atoms with van der Waals surface area (Å²) in [5.41, 5.74) is 3.24. The second-order valence-electron chi connectivity index (χ2n) is 6.75. The Balaban J connectivity index is 1.85. The van der Waals surface area contributed by atoms with Gasteiger partial charge in [0.1, 0.15) is 0 Å². The van der Waals surface area contributed by atoms with Gasteiger partial charge in [-0.1, -0.05) is 18.2 Å². The molecule has 4 rings (SSSR count). The Hall–Kier alpha value is -2.83. The molecule has 6 heteroatoms. The third kappa shape index (κ3) is 4.03. The normalized spacial score (nSPS) is 16.1. The first kappa shape index (κ1) is 18.5. The molecule has 1 unspecified atom stereocenters. The van der Waals surface area contributed by atoms with Crippen LogP contribution < -0.4 is 4.74 Å². The highest BCUT2D eigenvalue weighted by Gasteiger charge is 2.34. The van der Waals surface area contributed by atoms with E-state index in [-0.39, 0.29) is 12.0 Å². The fraction of sp³-hybridized carbons (Fsp3) is 0.318. The summed E-state index contributed by atoms with van der Waals surface area (Å²) in [5.74, 6) is 0.659. The molecule has 0 amide bonds. The van der Waals surface area contributed by atoms with Crippen molar-refractivity contribution >= 4 is 0 Å². The van der Waals surface area contributed by atoms with Gasteiger partial charge in [-0.15, -0.1) is 0 Å². The maximum atomic E-state index is 5.61. The molecule has 6 nitrogen and oxygen atoms in total. The highest BCUT2D eigenvalue weighted by atomic mass is 16.5. The zero-order chi connectivity index (χ0) is 19.2. The molecule has 1 fully saturated rings. The van der Waals surface area contributed by atoms with E-state index in [2.05, 4.69) is 33.1 Å². The first-order valence-corrected chi connectivity index (χ1v) is 9.49. The van der Waals surface area contributed by atoms with E-state index in [1.807, 2.05) is 36.7 Å². The second-order valence-corrected chi connectivity index (χ2v) is 6.75. The summed E-state index contributed by atoms with van der Waals surface area (Å²) in [6, 6.07) is 14.2. The molecule has 1 aliphatic heterocycles. The molecule has 1 atom stereocenters. The van der Waals surface area contributed by atoms with Crippen molar-refractivity contribution in [3.63, 3.8) is 0 Å². The molecule has 1 saturated heterocycles. The molecule has 0 saturated carbocycles. The molecule has 3 aromatic heterocycles. The first-order chi connectivity index (χ1) is 13.9. The molecule has 0 spiro atoms. The Kier molecular flexibility index (Phi) is 5.89. The predicted molar refractivity (Wildman–Crippen MR) is 106 cm³/mol. The van der Waals surface area contributed by atoms with Gasteiger partial charge in [0.2, 0.25) is 5.88 Å². The predicted octanol–water partition coefficient (Wildman–Crippen LogP) is 3.09. The van der Waals surface area contributed by atoms with Gasteiger partial charge in [-0.3, -0.25) is 14.9 Å². The standard InChI is InChI=1S/C22H24N4O2/c1-27-20-8-2-7-19(25-20)22(26-11-13-28-14-12-26)21(17-5-3-9-23-15-17)18-6-4-10-24-16-18/h2-10,15-16,21-22H,11-14H2,1H3. The van der Waals surface area contributed by atoms with Crippen molar-refractivity contribution in [3.05, 3.63) is 84.1 Å². The van der Waals surface area contributed by atoms with E-state index >= 15 is 0 Å². The van der Waals surface area contributed by atoms with Crippen LogP contribution in [0.15, 0.2) is 67.3 Å². The molecule has 0 aromatic carbocycles. The topological polar surface area (TPSA) is 60.4 Å². The Bertz CT molecular complexity index is 830. The molecule has 0 radical (unpaired) electrons. The fourth-order valence-electron chi connectivity index (χ4n) is 3.81. The summed E-state index contributed by atoms with van der Waals surface area (Å²) in [7, 11) is 1.65. The Morgan fingerprint density at radius 2 is 1.61 bits per heavy atom. The van der Waals surface area contributed by atoms with E-state index in [0.29, 0.717) is 19.1 Å². The number of morpholine rings is 1. The number of hydrogen-bond acceptors (Lipinski definition) is 6. The fourth-order valence-corrected chi connectivity index (χ4v) is 3.81.